The summed E-state index contributed by atoms with van der Waals surface area (Å²) in [6.45, 7) is 2.30. The van der Waals surface area contributed by atoms with Gasteiger partial charge in [-0.15, -0.1) is 0 Å². The van der Waals surface area contributed by atoms with E-state index in [-0.39, 0.29) is 0 Å². The highest BCUT2D eigenvalue weighted by Gasteiger charge is 2.30. The molecule has 0 aromatic heterocycles. The van der Waals surface area contributed by atoms with Crippen molar-refractivity contribution in [3.05, 3.63) is 0 Å². The number of unbranched alkanes of at least 4 members (excludes halogenated alkanes) is 4. The van der Waals surface area contributed by atoms with Crippen molar-refractivity contribution in [1.29, 1.82) is 5.26 Å². The first-order valence-corrected chi connectivity index (χ1v) is 10.2. The van der Waals surface area contributed by atoms with Gasteiger partial charge >= 0.3 is 0 Å². The number of hydrogen-bond donors (Lipinski definition) is 0. The van der Waals surface area contributed by atoms with E-state index in [1.165, 1.54) is 89.9 Å². The maximum absolute atomic E-state index is 8.83. The quantitative estimate of drug-likeness (QED) is 0.449. The summed E-state index contributed by atoms with van der Waals surface area (Å²) >= 11 is 0. The molecule has 0 unspecified atom stereocenters. The van der Waals surface area contributed by atoms with Gasteiger partial charge in [-0.3, -0.25) is 0 Å². The zero-order valence-electron chi connectivity index (χ0n) is 14.9. The van der Waals surface area contributed by atoms with Crippen LogP contribution in [0.1, 0.15) is 103 Å². The summed E-state index contributed by atoms with van der Waals surface area (Å²) in [7, 11) is 0. The predicted octanol–water partition coefficient (Wildman–Crippen LogP) is 6.87. The van der Waals surface area contributed by atoms with Crippen molar-refractivity contribution in [2.45, 2.75) is 103 Å². The van der Waals surface area contributed by atoms with Gasteiger partial charge in [0.15, 0.2) is 0 Å². The SMILES string of the molecule is CCCCCCC[C@H]1CC[C@H]([C@H]2CC[C@H](CC#N)CC2)CC1. The lowest BCUT2D eigenvalue weighted by Crippen LogP contribution is -2.25. The maximum atomic E-state index is 8.83. The molecular weight excluding hydrogens is 266 g/mol. The Morgan fingerprint density at radius 3 is 1.82 bits per heavy atom. The highest BCUT2D eigenvalue weighted by Crippen LogP contribution is 2.42. The highest BCUT2D eigenvalue weighted by atomic mass is 14.4. The lowest BCUT2D eigenvalue weighted by molar-refractivity contribution is 0.143. The average molecular weight is 304 g/mol. The summed E-state index contributed by atoms with van der Waals surface area (Å²) in [5.74, 6) is 3.80. The monoisotopic (exact) mass is 303 g/mol. The largest absolute Gasteiger partial charge is 0.198 e. The number of nitrogens with zero attached hydrogens (tertiary/aromatic N) is 1. The van der Waals surface area contributed by atoms with Crippen molar-refractivity contribution in [2.24, 2.45) is 23.7 Å². The van der Waals surface area contributed by atoms with Crippen LogP contribution in [0.5, 0.6) is 0 Å². The van der Waals surface area contributed by atoms with E-state index in [2.05, 4.69) is 13.0 Å². The average Bonchev–Trinajstić information content (AvgIpc) is 2.56. The van der Waals surface area contributed by atoms with Crippen molar-refractivity contribution in [2.75, 3.05) is 0 Å². The zero-order valence-corrected chi connectivity index (χ0v) is 14.9. The minimum absolute atomic E-state index is 0.723. The first-order chi connectivity index (χ1) is 10.8. The highest BCUT2D eigenvalue weighted by molar-refractivity contribution is 4.85. The summed E-state index contributed by atoms with van der Waals surface area (Å²) in [6, 6.07) is 2.37. The Morgan fingerprint density at radius 2 is 1.27 bits per heavy atom. The van der Waals surface area contributed by atoms with Gasteiger partial charge in [0, 0.05) is 6.42 Å². The third-order valence-corrected chi connectivity index (χ3v) is 6.55. The molecule has 2 aliphatic rings. The Balaban J connectivity index is 1.56. The van der Waals surface area contributed by atoms with Gasteiger partial charge in [-0.05, 0) is 62.2 Å². The minimum atomic E-state index is 0.723. The fraction of sp³-hybridized carbons (Fsp3) is 0.952. The molecule has 0 amide bonds. The molecule has 0 N–H and O–H groups in total. The molecule has 2 aliphatic carbocycles. The molecule has 2 saturated carbocycles. The molecule has 0 aliphatic heterocycles. The number of nitriles is 1. The zero-order chi connectivity index (χ0) is 15.6. The molecule has 126 valence electrons. The van der Waals surface area contributed by atoms with E-state index in [1.807, 2.05) is 0 Å². The second kappa shape index (κ2) is 10.3. The van der Waals surface area contributed by atoms with Crippen LogP contribution in [0.4, 0.5) is 0 Å². The van der Waals surface area contributed by atoms with Gasteiger partial charge in [0.2, 0.25) is 0 Å². The summed E-state index contributed by atoms with van der Waals surface area (Å²) in [6.07, 6.45) is 21.0. The molecule has 0 saturated heterocycles. The van der Waals surface area contributed by atoms with Gasteiger partial charge in [0.25, 0.3) is 0 Å². The molecule has 0 bridgehead atoms. The smallest absolute Gasteiger partial charge is 0.0624 e. The van der Waals surface area contributed by atoms with E-state index in [9.17, 15) is 0 Å². The Morgan fingerprint density at radius 1 is 0.727 bits per heavy atom. The normalized spacial score (nSPS) is 32.5. The van der Waals surface area contributed by atoms with Crippen LogP contribution < -0.4 is 0 Å². The number of rotatable bonds is 8. The van der Waals surface area contributed by atoms with Crippen molar-refractivity contribution in [3.63, 3.8) is 0 Å². The van der Waals surface area contributed by atoms with E-state index < -0.39 is 0 Å². The van der Waals surface area contributed by atoms with Gasteiger partial charge in [0.1, 0.15) is 0 Å². The lowest BCUT2D eigenvalue weighted by Gasteiger charge is -2.37. The van der Waals surface area contributed by atoms with Gasteiger partial charge in [-0.25, -0.2) is 0 Å². The molecule has 0 aromatic rings. The maximum Gasteiger partial charge on any atom is 0.0624 e. The van der Waals surface area contributed by atoms with Crippen LogP contribution in [0.15, 0.2) is 0 Å². The Kier molecular flexibility index (Phi) is 8.35. The van der Waals surface area contributed by atoms with Gasteiger partial charge in [0.05, 0.1) is 6.07 Å². The molecule has 22 heavy (non-hydrogen) atoms. The first-order valence-electron chi connectivity index (χ1n) is 10.2. The molecule has 1 nitrogen and oxygen atoms in total. The van der Waals surface area contributed by atoms with Gasteiger partial charge < -0.3 is 0 Å². The molecule has 0 heterocycles. The van der Waals surface area contributed by atoms with Crippen LogP contribution in [0, 0.1) is 35.0 Å². The standard InChI is InChI=1S/C21H37N/c1-2-3-4-5-6-7-18-8-12-20(13-9-18)21-14-10-19(11-15-21)16-17-22/h18-21H,2-16H2,1H3/t18-,19-,20-,21-. The van der Waals surface area contributed by atoms with Crippen molar-refractivity contribution < 1.29 is 0 Å². The van der Waals surface area contributed by atoms with Crippen molar-refractivity contribution >= 4 is 0 Å². The molecule has 2 fully saturated rings. The van der Waals surface area contributed by atoms with E-state index in [0.29, 0.717) is 0 Å². The number of hydrogen-bond acceptors (Lipinski definition) is 1. The second-order valence-electron chi connectivity index (χ2n) is 8.13. The van der Waals surface area contributed by atoms with Crippen LogP contribution >= 0.6 is 0 Å². The summed E-state index contributed by atoms with van der Waals surface area (Å²) in [4.78, 5) is 0. The molecule has 1 heteroatoms. The fourth-order valence-corrected chi connectivity index (χ4v) is 4.98. The second-order valence-corrected chi connectivity index (χ2v) is 8.13. The Hall–Kier alpha value is -0.510. The van der Waals surface area contributed by atoms with E-state index in [0.717, 1.165) is 30.1 Å². The van der Waals surface area contributed by atoms with Crippen LogP contribution in [-0.4, -0.2) is 0 Å². The molecule has 0 radical (unpaired) electrons. The minimum Gasteiger partial charge on any atom is -0.198 e. The first kappa shape index (κ1) is 17.8. The Labute approximate surface area is 138 Å². The van der Waals surface area contributed by atoms with Gasteiger partial charge in [-0.1, -0.05) is 58.3 Å². The van der Waals surface area contributed by atoms with Crippen LogP contribution in [0.2, 0.25) is 0 Å². The van der Waals surface area contributed by atoms with Crippen molar-refractivity contribution in [3.8, 4) is 6.07 Å². The third-order valence-electron chi connectivity index (χ3n) is 6.55. The lowest BCUT2D eigenvalue weighted by atomic mass is 9.68. The molecule has 0 spiro atoms. The van der Waals surface area contributed by atoms with Crippen LogP contribution in [0.25, 0.3) is 0 Å². The summed E-state index contributed by atoms with van der Waals surface area (Å²) in [5, 5.41) is 8.83. The molecule has 0 aromatic carbocycles. The molecule has 2 rings (SSSR count). The topological polar surface area (TPSA) is 23.8 Å². The van der Waals surface area contributed by atoms with Crippen molar-refractivity contribution in [1.82, 2.24) is 0 Å². The van der Waals surface area contributed by atoms with E-state index >= 15 is 0 Å². The summed E-state index contributed by atoms with van der Waals surface area (Å²) < 4.78 is 0. The molecular formula is C21H37N. The predicted molar refractivity (Wildman–Crippen MR) is 94.5 cm³/mol. The van der Waals surface area contributed by atoms with Crippen LogP contribution in [-0.2, 0) is 0 Å². The summed E-state index contributed by atoms with van der Waals surface area (Å²) in [5.41, 5.74) is 0. The Bertz CT molecular complexity index is 313. The third kappa shape index (κ3) is 5.94. The van der Waals surface area contributed by atoms with E-state index in [4.69, 9.17) is 5.26 Å². The van der Waals surface area contributed by atoms with Crippen LogP contribution in [0.3, 0.4) is 0 Å². The molecule has 0 atom stereocenters. The van der Waals surface area contributed by atoms with Gasteiger partial charge in [-0.2, -0.15) is 5.26 Å². The fourth-order valence-electron chi connectivity index (χ4n) is 4.98. The van der Waals surface area contributed by atoms with E-state index in [1.54, 1.807) is 0 Å².